The van der Waals surface area contributed by atoms with Gasteiger partial charge in [0.1, 0.15) is 17.4 Å². The molecule has 0 bridgehead atoms. The highest BCUT2D eigenvalue weighted by atomic mass is 16.5. The van der Waals surface area contributed by atoms with Crippen LogP contribution < -0.4 is 9.64 Å². The first-order valence-corrected chi connectivity index (χ1v) is 8.65. The molecule has 1 saturated heterocycles. The van der Waals surface area contributed by atoms with Crippen LogP contribution in [0.5, 0.6) is 5.75 Å². The molecule has 0 atom stereocenters. The first-order valence-electron chi connectivity index (χ1n) is 8.65. The Morgan fingerprint density at radius 3 is 2.56 bits per heavy atom. The minimum absolute atomic E-state index is 0.504. The Morgan fingerprint density at radius 2 is 1.92 bits per heavy atom. The zero-order chi connectivity index (χ0) is 18.1. The second-order valence-corrected chi connectivity index (χ2v) is 6.93. The number of methoxy groups -OCH3 is 1. The van der Waals surface area contributed by atoms with Gasteiger partial charge in [0.15, 0.2) is 0 Å². The zero-order valence-corrected chi connectivity index (χ0v) is 16.0. The van der Waals surface area contributed by atoms with Gasteiger partial charge >= 0.3 is 0 Å². The molecule has 0 radical (unpaired) electrons. The molecule has 1 fully saturated rings. The third-order valence-corrected chi connectivity index (χ3v) is 4.91. The summed E-state index contributed by atoms with van der Waals surface area (Å²) in [5, 5.41) is 0. The second kappa shape index (κ2) is 6.96. The highest BCUT2D eigenvalue weighted by Gasteiger charge is 2.31. The van der Waals surface area contributed by atoms with Crippen molar-refractivity contribution in [3.05, 3.63) is 40.6 Å². The fraction of sp³-hybridized carbons (Fsp3) is 0.526. The third kappa shape index (κ3) is 3.58. The minimum atomic E-state index is 0.504. The van der Waals surface area contributed by atoms with Gasteiger partial charge in [0.2, 0.25) is 0 Å². The summed E-state index contributed by atoms with van der Waals surface area (Å²) in [7, 11) is 3.88. The van der Waals surface area contributed by atoms with E-state index in [1.165, 1.54) is 0 Å². The maximum atomic E-state index is 5.52. The zero-order valence-electron chi connectivity index (χ0n) is 16.0. The molecule has 0 N–H and O–H groups in total. The molecule has 25 heavy (non-hydrogen) atoms. The summed E-state index contributed by atoms with van der Waals surface area (Å²) in [6, 6.07) is 2.56. The van der Waals surface area contributed by atoms with Crippen molar-refractivity contribution in [1.82, 2.24) is 19.9 Å². The van der Waals surface area contributed by atoms with Crippen LogP contribution in [-0.4, -0.2) is 53.1 Å². The van der Waals surface area contributed by atoms with Gasteiger partial charge in [-0.05, 0) is 34.7 Å². The van der Waals surface area contributed by atoms with E-state index in [9.17, 15) is 0 Å². The summed E-state index contributed by atoms with van der Waals surface area (Å²) >= 11 is 0. The van der Waals surface area contributed by atoms with E-state index in [2.05, 4.69) is 44.8 Å². The van der Waals surface area contributed by atoms with E-state index in [0.29, 0.717) is 6.04 Å². The fourth-order valence-electron chi connectivity index (χ4n) is 3.38. The number of aryl methyl sites for hydroxylation is 3. The van der Waals surface area contributed by atoms with Gasteiger partial charge < -0.3 is 9.64 Å². The Kier molecular flexibility index (Phi) is 4.90. The first kappa shape index (κ1) is 17.6. The third-order valence-electron chi connectivity index (χ3n) is 4.91. The molecule has 0 aromatic carbocycles. The largest absolute Gasteiger partial charge is 0.496 e. The number of likely N-dealkylation sites (N-methyl/N-ethyl adjacent to an activating group) is 1. The van der Waals surface area contributed by atoms with Crippen LogP contribution in [0.25, 0.3) is 0 Å². The molecule has 0 saturated carbocycles. The molecule has 0 aliphatic carbocycles. The van der Waals surface area contributed by atoms with Crippen molar-refractivity contribution >= 4 is 5.82 Å². The van der Waals surface area contributed by atoms with Crippen molar-refractivity contribution in [2.75, 3.05) is 32.1 Å². The second-order valence-electron chi connectivity index (χ2n) is 6.93. The Balaban J connectivity index is 1.64. The minimum Gasteiger partial charge on any atom is -0.496 e. The summed E-state index contributed by atoms with van der Waals surface area (Å²) in [6.45, 7) is 10.9. The van der Waals surface area contributed by atoms with Crippen molar-refractivity contribution < 1.29 is 4.74 Å². The van der Waals surface area contributed by atoms with Crippen molar-refractivity contribution in [1.29, 1.82) is 0 Å². The van der Waals surface area contributed by atoms with Gasteiger partial charge in [-0.1, -0.05) is 0 Å². The molecule has 2 aromatic heterocycles. The summed E-state index contributed by atoms with van der Waals surface area (Å²) < 4.78 is 5.52. The number of hydrogen-bond acceptors (Lipinski definition) is 6. The number of hydrogen-bond donors (Lipinski definition) is 0. The maximum absolute atomic E-state index is 5.52. The van der Waals surface area contributed by atoms with Crippen molar-refractivity contribution in [3.8, 4) is 5.75 Å². The van der Waals surface area contributed by atoms with Crippen LogP contribution in [0.1, 0.15) is 28.3 Å². The highest BCUT2D eigenvalue weighted by Crippen LogP contribution is 2.27. The molecule has 6 nitrogen and oxygen atoms in total. The van der Waals surface area contributed by atoms with E-state index in [1.54, 1.807) is 7.11 Å². The normalized spacial score (nSPS) is 14.8. The molecule has 1 aliphatic rings. The van der Waals surface area contributed by atoms with Crippen LogP contribution in [0.15, 0.2) is 12.3 Å². The van der Waals surface area contributed by atoms with Gasteiger partial charge in [-0.25, -0.2) is 9.97 Å². The molecule has 1 aliphatic heterocycles. The summed E-state index contributed by atoms with van der Waals surface area (Å²) in [6.07, 6.45) is 1.90. The average molecular weight is 341 g/mol. The lowest BCUT2D eigenvalue weighted by Crippen LogP contribution is -2.58. The lowest BCUT2D eigenvalue weighted by atomic mass is 10.1. The molecule has 134 valence electrons. The molecule has 3 rings (SSSR count). The standard InChI is InChI=1S/C19H27N5O/c1-12-8-20-17(14(3)19(12)25-6)11-23(5)16-9-24(10-16)18-7-13(2)21-15(4)22-18/h7-8,16H,9-11H2,1-6H3. The van der Waals surface area contributed by atoms with Gasteiger partial charge in [0.05, 0.1) is 12.8 Å². The van der Waals surface area contributed by atoms with E-state index in [0.717, 1.165) is 59.5 Å². The smallest absolute Gasteiger partial charge is 0.132 e. The van der Waals surface area contributed by atoms with Crippen LogP contribution in [0.2, 0.25) is 0 Å². The SMILES string of the molecule is COc1c(C)cnc(CN(C)C2CN(c3cc(C)nc(C)n3)C2)c1C. The quantitative estimate of drug-likeness (QED) is 0.833. The van der Waals surface area contributed by atoms with Crippen LogP contribution >= 0.6 is 0 Å². The van der Waals surface area contributed by atoms with Crippen LogP contribution in [0.3, 0.4) is 0 Å². The molecule has 0 amide bonds. The highest BCUT2D eigenvalue weighted by molar-refractivity contribution is 5.44. The molecule has 6 heteroatoms. The van der Waals surface area contributed by atoms with Gasteiger partial charge in [-0.3, -0.25) is 9.88 Å². The molecule has 0 spiro atoms. The van der Waals surface area contributed by atoms with E-state index < -0.39 is 0 Å². The lowest BCUT2D eigenvalue weighted by molar-refractivity contribution is 0.194. The topological polar surface area (TPSA) is 54.4 Å². The van der Waals surface area contributed by atoms with Crippen molar-refractivity contribution in [2.24, 2.45) is 0 Å². The monoisotopic (exact) mass is 341 g/mol. The molecule has 3 heterocycles. The predicted octanol–water partition coefficient (Wildman–Crippen LogP) is 2.43. The lowest BCUT2D eigenvalue weighted by Gasteiger charge is -2.44. The Labute approximate surface area is 149 Å². The molecule has 2 aromatic rings. The van der Waals surface area contributed by atoms with Crippen LogP contribution in [0.4, 0.5) is 5.82 Å². The Morgan fingerprint density at radius 1 is 1.20 bits per heavy atom. The number of aromatic nitrogens is 3. The number of anilines is 1. The fourth-order valence-corrected chi connectivity index (χ4v) is 3.38. The van der Waals surface area contributed by atoms with Gasteiger partial charge in [-0.15, -0.1) is 0 Å². The number of ether oxygens (including phenoxy) is 1. The Hall–Kier alpha value is -2.21. The van der Waals surface area contributed by atoms with Gasteiger partial charge in [0, 0.05) is 54.8 Å². The Bertz CT molecular complexity index is 750. The van der Waals surface area contributed by atoms with Crippen molar-refractivity contribution in [2.45, 2.75) is 40.3 Å². The van der Waals surface area contributed by atoms with E-state index in [1.807, 2.05) is 27.0 Å². The van der Waals surface area contributed by atoms with E-state index in [-0.39, 0.29) is 0 Å². The molecular formula is C19H27N5O. The van der Waals surface area contributed by atoms with E-state index >= 15 is 0 Å². The van der Waals surface area contributed by atoms with Gasteiger partial charge in [-0.2, -0.15) is 0 Å². The number of rotatable bonds is 5. The van der Waals surface area contributed by atoms with Gasteiger partial charge in [0.25, 0.3) is 0 Å². The average Bonchev–Trinajstić information content (AvgIpc) is 2.48. The van der Waals surface area contributed by atoms with Crippen molar-refractivity contribution in [3.63, 3.8) is 0 Å². The summed E-state index contributed by atoms with van der Waals surface area (Å²) in [5.74, 6) is 2.81. The molecular weight excluding hydrogens is 314 g/mol. The van der Waals surface area contributed by atoms with Crippen LogP contribution in [0, 0.1) is 27.7 Å². The number of pyridine rings is 1. The summed E-state index contributed by atoms with van der Waals surface area (Å²) in [5.41, 5.74) is 4.31. The van der Waals surface area contributed by atoms with E-state index in [4.69, 9.17) is 4.74 Å². The van der Waals surface area contributed by atoms with Crippen LogP contribution in [-0.2, 0) is 6.54 Å². The predicted molar refractivity (Wildman–Crippen MR) is 99.2 cm³/mol. The maximum Gasteiger partial charge on any atom is 0.132 e. The first-order chi connectivity index (χ1) is 11.9. The summed E-state index contributed by atoms with van der Waals surface area (Å²) in [4.78, 5) is 18.2. The number of nitrogens with zero attached hydrogens (tertiary/aromatic N) is 5. The molecule has 0 unspecified atom stereocenters.